The fraction of sp³-hybridized carbons (Fsp3) is 0.300. The van der Waals surface area contributed by atoms with Crippen LogP contribution in [0, 0.1) is 5.82 Å². The predicted molar refractivity (Wildman–Crippen MR) is 112 cm³/mol. The third-order valence-corrected chi connectivity index (χ3v) is 6.79. The molecule has 4 rings (SSSR count). The molecule has 0 unspecified atom stereocenters. The Bertz CT molecular complexity index is 1050. The van der Waals surface area contributed by atoms with Crippen molar-refractivity contribution in [3.8, 4) is 10.7 Å². The Labute approximate surface area is 180 Å². The van der Waals surface area contributed by atoms with Gasteiger partial charge in [0.1, 0.15) is 17.1 Å². The van der Waals surface area contributed by atoms with Crippen molar-refractivity contribution in [2.75, 3.05) is 0 Å². The summed E-state index contributed by atoms with van der Waals surface area (Å²) in [6.07, 6.45) is 1.86. The van der Waals surface area contributed by atoms with Crippen molar-refractivity contribution in [2.24, 2.45) is 0 Å². The first-order valence-corrected chi connectivity index (χ1v) is 11.1. The SMILES string of the molecule is C[C@H](C(=O)O)n1c(S[C@H](C(=O)NC2CC2)c2ccc(F)cc2)nnc1-c1cccs1. The summed E-state index contributed by atoms with van der Waals surface area (Å²) in [6, 6.07) is 8.62. The number of hydrogen-bond acceptors (Lipinski definition) is 6. The Kier molecular flexibility index (Phi) is 5.87. The summed E-state index contributed by atoms with van der Waals surface area (Å²) in [4.78, 5) is 25.5. The average Bonchev–Trinajstić information content (AvgIpc) is 3.20. The van der Waals surface area contributed by atoms with Gasteiger partial charge in [-0.2, -0.15) is 0 Å². The van der Waals surface area contributed by atoms with Crippen molar-refractivity contribution in [2.45, 2.75) is 42.3 Å². The van der Waals surface area contributed by atoms with E-state index in [1.807, 2.05) is 17.5 Å². The number of carbonyl (C=O) groups is 2. The van der Waals surface area contributed by atoms with Crippen LogP contribution in [0.15, 0.2) is 46.9 Å². The first-order chi connectivity index (χ1) is 14.4. The van der Waals surface area contributed by atoms with Gasteiger partial charge in [-0.15, -0.1) is 21.5 Å². The molecule has 0 saturated heterocycles. The van der Waals surface area contributed by atoms with E-state index in [0.717, 1.165) is 29.5 Å². The summed E-state index contributed by atoms with van der Waals surface area (Å²) in [5.41, 5.74) is 0.606. The maximum absolute atomic E-state index is 13.4. The van der Waals surface area contributed by atoms with Gasteiger partial charge in [-0.25, -0.2) is 9.18 Å². The van der Waals surface area contributed by atoms with Crippen molar-refractivity contribution >= 4 is 35.0 Å². The molecule has 1 aliphatic rings. The van der Waals surface area contributed by atoms with Gasteiger partial charge in [-0.3, -0.25) is 9.36 Å². The molecular formula is C20H19FN4O3S2. The molecule has 2 aromatic heterocycles. The molecule has 0 bridgehead atoms. The summed E-state index contributed by atoms with van der Waals surface area (Å²) >= 11 is 2.54. The smallest absolute Gasteiger partial charge is 0.326 e. The largest absolute Gasteiger partial charge is 0.480 e. The number of thioether (sulfide) groups is 1. The number of amides is 1. The number of rotatable bonds is 8. The first-order valence-electron chi connectivity index (χ1n) is 9.38. The highest BCUT2D eigenvalue weighted by atomic mass is 32.2. The lowest BCUT2D eigenvalue weighted by Gasteiger charge is -2.19. The minimum atomic E-state index is -1.03. The maximum atomic E-state index is 13.4. The van der Waals surface area contributed by atoms with Crippen LogP contribution < -0.4 is 5.32 Å². The molecule has 30 heavy (non-hydrogen) atoms. The second-order valence-electron chi connectivity index (χ2n) is 7.00. The van der Waals surface area contributed by atoms with Gasteiger partial charge >= 0.3 is 5.97 Å². The Morgan fingerprint density at radius 1 is 1.27 bits per heavy atom. The van der Waals surface area contributed by atoms with Gasteiger partial charge < -0.3 is 10.4 Å². The minimum Gasteiger partial charge on any atom is -0.480 e. The zero-order chi connectivity index (χ0) is 21.3. The lowest BCUT2D eigenvalue weighted by molar-refractivity contribution is -0.140. The van der Waals surface area contributed by atoms with E-state index in [2.05, 4.69) is 15.5 Å². The summed E-state index contributed by atoms with van der Waals surface area (Å²) in [5, 5.41) is 22.5. The van der Waals surface area contributed by atoms with Gasteiger partial charge in [0, 0.05) is 6.04 Å². The Morgan fingerprint density at radius 3 is 2.60 bits per heavy atom. The highest BCUT2D eigenvalue weighted by Gasteiger charge is 2.32. The van der Waals surface area contributed by atoms with Gasteiger partial charge in [0.15, 0.2) is 11.0 Å². The second kappa shape index (κ2) is 8.57. The van der Waals surface area contributed by atoms with E-state index < -0.39 is 23.1 Å². The van der Waals surface area contributed by atoms with Crippen molar-refractivity contribution in [1.29, 1.82) is 0 Å². The van der Waals surface area contributed by atoms with Crippen molar-refractivity contribution in [3.05, 3.63) is 53.2 Å². The van der Waals surface area contributed by atoms with Crippen molar-refractivity contribution < 1.29 is 19.1 Å². The number of nitrogens with zero attached hydrogens (tertiary/aromatic N) is 3. The van der Waals surface area contributed by atoms with E-state index in [1.165, 1.54) is 28.0 Å². The fourth-order valence-electron chi connectivity index (χ4n) is 2.91. The molecule has 1 fully saturated rings. The average molecular weight is 447 g/mol. The summed E-state index contributed by atoms with van der Waals surface area (Å²) < 4.78 is 14.9. The maximum Gasteiger partial charge on any atom is 0.326 e. The number of benzene rings is 1. The van der Waals surface area contributed by atoms with Gasteiger partial charge in [0.05, 0.1) is 4.88 Å². The Hall–Kier alpha value is -2.72. The zero-order valence-electron chi connectivity index (χ0n) is 16.0. The van der Waals surface area contributed by atoms with E-state index >= 15 is 0 Å². The number of carbonyl (C=O) groups excluding carboxylic acids is 1. The number of halogens is 1. The molecule has 7 nitrogen and oxygen atoms in total. The van der Waals surface area contributed by atoms with Gasteiger partial charge in [-0.05, 0) is 48.9 Å². The molecule has 1 aromatic carbocycles. The van der Waals surface area contributed by atoms with Crippen LogP contribution in [-0.2, 0) is 9.59 Å². The number of aliphatic carboxylic acids is 1. The van der Waals surface area contributed by atoms with Crippen LogP contribution >= 0.6 is 23.1 Å². The highest BCUT2D eigenvalue weighted by molar-refractivity contribution is 8.00. The molecule has 0 spiro atoms. The van der Waals surface area contributed by atoms with Crippen LogP contribution in [0.5, 0.6) is 0 Å². The third kappa shape index (κ3) is 4.39. The molecule has 2 heterocycles. The highest BCUT2D eigenvalue weighted by Crippen LogP contribution is 2.39. The fourth-order valence-corrected chi connectivity index (χ4v) is 4.74. The Morgan fingerprint density at radius 2 is 2.00 bits per heavy atom. The first kappa shape index (κ1) is 20.5. The van der Waals surface area contributed by atoms with E-state index in [-0.39, 0.29) is 11.9 Å². The molecule has 1 aliphatic carbocycles. The number of aromatic nitrogens is 3. The molecule has 0 aliphatic heterocycles. The van der Waals surface area contributed by atoms with Crippen LogP contribution in [-0.4, -0.2) is 37.8 Å². The molecule has 2 atom stereocenters. The van der Waals surface area contributed by atoms with Crippen molar-refractivity contribution in [3.63, 3.8) is 0 Å². The number of nitrogens with one attached hydrogen (secondary N) is 1. The summed E-state index contributed by atoms with van der Waals surface area (Å²) in [5.74, 6) is -1.21. The van der Waals surface area contributed by atoms with E-state index in [9.17, 15) is 19.1 Å². The predicted octanol–water partition coefficient (Wildman–Crippen LogP) is 3.90. The van der Waals surface area contributed by atoms with Crippen LogP contribution in [0.1, 0.15) is 36.6 Å². The topological polar surface area (TPSA) is 97.1 Å². The standard InChI is InChI=1S/C20H19FN4O3S2/c1-11(19(27)28)25-17(15-3-2-10-29-15)23-24-20(25)30-16(18(26)22-14-8-9-14)12-4-6-13(21)7-5-12/h2-7,10-11,14,16H,8-9H2,1H3,(H,22,26)(H,27,28)/t11-,16+/m1/s1. The molecule has 3 aromatic rings. The molecule has 1 amide bonds. The molecule has 2 N–H and O–H groups in total. The summed E-state index contributed by atoms with van der Waals surface area (Å²) in [7, 11) is 0. The lowest BCUT2D eigenvalue weighted by atomic mass is 10.1. The van der Waals surface area contributed by atoms with Crippen LogP contribution in [0.25, 0.3) is 10.7 Å². The summed E-state index contributed by atoms with van der Waals surface area (Å²) in [6.45, 7) is 1.55. The molecule has 0 radical (unpaired) electrons. The minimum absolute atomic E-state index is 0.151. The number of hydrogen-bond donors (Lipinski definition) is 2. The molecule has 1 saturated carbocycles. The molecular weight excluding hydrogens is 427 g/mol. The van der Waals surface area contributed by atoms with Crippen LogP contribution in [0.3, 0.4) is 0 Å². The lowest BCUT2D eigenvalue weighted by Crippen LogP contribution is -2.30. The van der Waals surface area contributed by atoms with Crippen LogP contribution in [0.4, 0.5) is 4.39 Å². The van der Waals surface area contributed by atoms with E-state index in [4.69, 9.17) is 0 Å². The monoisotopic (exact) mass is 446 g/mol. The quantitative estimate of drug-likeness (QED) is 0.510. The number of thiophene rings is 1. The second-order valence-corrected chi connectivity index (χ2v) is 9.02. The molecule has 10 heteroatoms. The zero-order valence-corrected chi connectivity index (χ0v) is 17.6. The van der Waals surface area contributed by atoms with E-state index in [1.54, 1.807) is 19.1 Å². The normalized spacial score (nSPS) is 15.5. The van der Waals surface area contributed by atoms with Crippen molar-refractivity contribution in [1.82, 2.24) is 20.1 Å². The van der Waals surface area contributed by atoms with Gasteiger partial charge in [-0.1, -0.05) is 30.0 Å². The van der Waals surface area contributed by atoms with E-state index in [0.29, 0.717) is 16.5 Å². The third-order valence-electron chi connectivity index (χ3n) is 4.71. The molecule has 156 valence electrons. The van der Waals surface area contributed by atoms with Gasteiger partial charge in [0.2, 0.25) is 5.91 Å². The number of carboxylic acid groups (broad SMARTS) is 1. The number of carboxylic acids is 1. The van der Waals surface area contributed by atoms with Crippen LogP contribution in [0.2, 0.25) is 0 Å². The Balaban J connectivity index is 1.72. The van der Waals surface area contributed by atoms with Gasteiger partial charge in [0.25, 0.3) is 0 Å².